The van der Waals surface area contributed by atoms with Gasteiger partial charge in [0.05, 0.1) is 19.6 Å². The molecule has 7 heteroatoms. The molecule has 92 valence electrons. The summed E-state index contributed by atoms with van der Waals surface area (Å²) in [5.41, 5.74) is 5.32. The van der Waals surface area contributed by atoms with Gasteiger partial charge in [0.25, 0.3) is 0 Å². The lowest BCUT2D eigenvalue weighted by Gasteiger charge is -2.16. The largest absolute Gasteiger partial charge is 0.481 e. The number of aliphatic carboxylic acids is 1. The number of nitrogens with one attached hydrogen (secondary N) is 1. The van der Waals surface area contributed by atoms with Gasteiger partial charge in [0.2, 0.25) is 5.91 Å². The predicted molar refractivity (Wildman–Crippen MR) is 54.5 cm³/mol. The van der Waals surface area contributed by atoms with E-state index in [0.717, 1.165) is 0 Å². The van der Waals surface area contributed by atoms with Gasteiger partial charge in [-0.05, 0) is 6.42 Å². The molecule has 0 saturated heterocycles. The van der Waals surface area contributed by atoms with E-state index in [1.807, 2.05) is 0 Å². The maximum absolute atomic E-state index is 11.4. The van der Waals surface area contributed by atoms with Crippen LogP contribution in [0, 0.1) is 0 Å². The monoisotopic (exact) mass is 232 g/mol. The van der Waals surface area contributed by atoms with E-state index in [1.165, 1.54) is 7.11 Å². The lowest BCUT2D eigenvalue weighted by molar-refractivity contribution is -0.145. The third-order valence-electron chi connectivity index (χ3n) is 1.94. The van der Waals surface area contributed by atoms with Gasteiger partial charge in [-0.1, -0.05) is 6.92 Å². The molecule has 1 amide bonds. The molecular formula is C9H16N2O5. The quantitative estimate of drug-likeness (QED) is 0.498. The number of ether oxygens (including phenoxy) is 1. The van der Waals surface area contributed by atoms with Crippen LogP contribution < -0.4 is 11.1 Å². The molecule has 7 nitrogen and oxygen atoms in total. The number of rotatable bonds is 6. The predicted octanol–water partition coefficient (Wildman–Crippen LogP) is -1.14. The van der Waals surface area contributed by atoms with Crippen molar-refractivity contribution in [3.05, 3.63) is 0 Å². The van der Waals surface area contributed by atoms with E-state index in [4.69, 9.17) is 10.8 Å². The van der Waals surface area contributed by atoms with Crippen molar-refractivity contribution in [3.63, 3.8) is 0 Å². The van der Waals surface area contributed by atoms with Crippen LogP contribution in [0.1, 0.15) is 19.8 Å². The summed E-state index contributed by atoms with van der Waals surface area (Å²) in [6.45, 7) is 1.69. The number of carboxylic acid groups (broad SMARTS) is 1. The van der Waals surface area contributed by atoms with Crippen LogP contribution in [0.15, 0.2) is 0 Å². The van der Waals surface area contributed by atoms with E-state index < -0.39 is 36.4 Å². The Hall–Kier alpha value is -1.63. The molecule has 0 heterocycles. The van der Waals surface area contributed by atoms with Gasteiger partial charge >= 0.3 is 11.9 Å². The van der Waals surface area contributed by atoms with Crippen molar-refractivity contribution in [2.75, 3.05) is 7.11 Å². The second-order valence-electron chi connectivity index (χ2n) is 3.20. The van der Waals surface area contributed by atoms with Crippen LogP contribution in [-0.4, -0.2) is 42.1 Å². The molecule has 0 radical (unpaired) electrons. The summed E-state index contributed by atoms with van der Waals surface area (Å²) < 4.78 is 4.45. The third kappa shape index (κ3) is 4.74. The lowest BCUT2D eigenvalue weighted by Crippen LogP contribution is -2.49. The number of hydrogen-bond acceptors (Lipinski definition) is 5. The molecule has 0 aliphatic carbocycles. The van der Waals surface area contributed by atoms with Crippen LogP contribution in [0.3, 0.4) is 0 Å². The Bertz CT molecular complexity index is 279. The minimum atomic E-state index is -1.17. The van der Waals surface area contributed by atoms with Crippen molar-refractivity contribution in [1.29, 1.82) is 0 Å². The fraction of sp³-hybridized carbons (Fsp3) is 0.667. The summed E-state index contributed by atoms with van der Waals surface area (Å²) in [6.07, 6.45) is -0.137. The minimum absolute atomic E-state index is 0.345. The number of hydrogen-bond donors (Lipinski definition) is 3. The topological polar surface area (TPSA) is 119 Å². The van der Waals surface area contributed by atoms with Crippen LogP contribution in [0.4, 0.5) is 0 Å². The SMILES string of the molecule is CCC(NC(=O)[C@@H](N)CC(=O)O)C(=O)OC. The van der Waals surface area contributed by atoms with Crippen LogP contribution in [0.5, 0.6) is 0 Å². The maximum Gasteiger partial charge on any atom is 0.328 e. The second-order valence-corrected chi connectivity index (χ2v) is 3.20. The van der Waals surface area contributed by atoms with Gasteiger partial charge in [-0.25, -0.2) is 4.79 Å². The molecule has 0 saturated carbocycles. The van der Waals surface area contributed by atoms with Gasteiger partial charge in [-0.3, -0.25) is 9.59 Å². The summed E-state index contributed by atoms with van der Waals surface area (Å²) in [5, 5.41) is 10.7. The Morgan fingerprint density at radius 1 is 1.44 bits per heavy atom. The lowest BCUT2D eigenvalue weighted by atomic mass is 10.1. The first kappa shape index (κ1) is 14.4. The van der Waals surface area contributed by atoms with Crippen LogP contribution in [-0.2, 0) is 19.1 Å². The summed E-state index contributed by atoms with van der Waals surface area (Å²) in [5.74, 6) is -2.44. The Morgan fingerprint density at radius 2 is 2.00 bits per heavy atom. The van der Waals surface area contributed by atoms with E-state index in [-0.39, 0.29) is 0 Å². The number of carboxylic acids is 1. The Kier molecular flexibility index (Phi) is 6.09. The number of carbonyl (C=O) groups excluding carboxylic acids is 2. The van der Waals surface area contributed by atoms with Crippen molar-refractivity contribution in [2.24, 2.45) is 5.73 Å². The van der Waals surface area contributed by atoms with Gasteiger partial charge in [0, 0.05) is 0 Å². The molecule has 0 aromatic carbocycles. The fourth-order valence-electron chi connectivity index (χ4n) is 1.03. The standard InChI is InChI=1S/C9H16N2O5/c1-3-6(9(15)16-2)11-8(14)5(10)4-7(12)13/h5-6H,3-4,10H2,1-2H3,(H,11,14)(H,12,13)/t5-,6?/m0/s1. The maximum atomic E-state index is 11.4. The average Bonchev–Trinajstić information content (AvgIpc) is 2.23. The first-order valence-corrected chi connectivity index (χ1v) is 4.77. The van der Waals surface area contributed by atoms with E-state index >= 15 is 0 Å². The highest BCUT2D eigenvalue weighted by molar-refractivity contribution is 5.89. The molecule has 0 aliphatic rings. The Balaban J connectivity index is 4.29. The van der Waals surface area contributed by atoms with E-state index in [0.29, 0.717) is 6.42 Å². The van der Waals surface area contributed by atoms with Crippen molar-refractivity contribution in [2.45, 2.75) is 31.8 Å². The van der Waals surface area contributed by atoms with Crippen LogP contribution >= 0.6 is 0 Å². The zero-order valence-electron chi connectivity index (χ0n) is 9.23. The number of methoxy groups -OCH3 is 1. The van der Waals surface area contributed by atoms with Crippen molar-refractivity contribution >= 4 is 17.8 Å². The van der Waals surface area contributed by atoms with Crippen LogP contribution in [0.25, 0.3) is 0 Å². The molecule has 0 aromatic rings. The molecule has 0 aromatic heterocycles. The van der Waals surface area contributed by atoms with Gasteiger partial charge in [0.15, 0.2) is 0 Å². The summed E-state index contributed by atoms with van der Waals surface area (Å²) >= 11 is 0. The summed E-state index contributed by atoms with van der Waals surface area (Å²) in [4.78, 5) is 32.8. The molecule has 1 unspecified atom stereocenters. The van der Waals surface area contributed by atoms with Crippen molar-refractivity contribution in [3.8, 4) is 0 Å². The molecule has 2 atom stereocenters. The molecule has 0 aliphatic heterocycles. The van der Waals surface area contributed by atoms with Crippen molar-refractivity contribution in [1.82, 2.24) is 5.32 Å². The van der Waals surface area contributed by atoms with Gasteiger partial charge in [-0.15, -0.1) is 0 Å². The normalized spacial score (nSPS) is 13.7. The third-order valence-corrected chi connectivity index (χ3v) is 1.94. The molecule has 16 heavy (non-hydrogen) atoms. The molecule has 0 rings (SSSR count). The Labute approximate surface area is 92.9 Å². The smallest absolute Gasteiger partial charge is 0.328 e. The number of esters is 1. The zero-order chi connectivity index (χ0) is 12.7. The zero-order valence-corrected chi connectivity index (χ0v) is 9.23. The fourth-order valence-corrected chi connectivity index (χ4v) is 1.03. The molecule has 0 spiro atoms. The molecular weight excluding hydrogens is 216 g/mol. The summed E-state index contributed by atoms with van der Waals surface area (Å²) in [7, 11) is 1.20. The van der Waals surface area contributed by atoms with Gasteiger partial charge < -0.3 is 20.9 Å². The first-order chi connectivity index (χ1) is 7.42. The van der Waals surface area contributed by atoms with E-state index in [9.17, 15) is 14.4 Å². The molecule has 0 bridgehead atoms. The van der Waals surface area contributed by atoms with E-state index in [1.54, 1.807) is 6.92 Å². The van der Waals surface area contributed by atoms with Crippen LogP contribution in [0.2, 0.25) is 0 Å². The number of nitrogens with two attached hydrogens (primary N) is 1. The highest BCUT2D eigenvalue weighted by atomic mass is 16.5. The average molecular weight is 232 g/mol. The first-order valence-electron chi connectivity index (χ1n) is 4.77. The highest BCUT2D eigenvalue weighted by Gasteiger charge is 2.23. The molecule has 4 N–H and O–H groups in total. The van der Waals surface area contributed by atoms with Gasteiger partial charge in [0.1, 0.15) is 6.04 Å². The second kappa shape index (κ2) is 6.78. The molecule has 0 fully saturated rings. The number of amides is 1. The number of carbonyl (C=O) groups is 3. The van der Waals surface area contributed by atoms with Gasteiger partial charge in [-0.2, -0.15) is 0 Å². The minimum Gasteiger partial charge on any atom is -0.481 e. The summed E-state index contributed by atoms with van der Waals surface area (Å²) in [6, 6.07) is -1.96. The van der Waals surface area contributed by atoms with E-state index in [2.05, 4.69) is 10.1 Å². The Morgan fingerprint density at radius 3 is 2.38 bits per heavy atom. The van der Waals surface area contributed by atoms with Crippen molar-refractivity contribution < 1.29 is 24.2 Å². The highest BCUT2D eigenvalue weighted by Crippen LogP contribution is 1.96.